The van der Waals surface area contributed by atoms with E-state index in [-0.39, 0.29) is 16.4 Å². The zero-order valence-corrected chi connectivity index (χ0v) is 17.9. The molecule has 7 heteroatoms. The number of piperidine rings is 1. The highest BCUT2D eigenvalue weighted by molar-refractivity contribution is 7.92. The molecule has 1 aromatic carbocycles. The van der Waals surface area contributed by atoms with Gasteiger partial charge in [0.1, 0.15) is 4.90 Å². The van der Waals surface area contributed by atoms with Gasteiger partial charge in [0.05, 0.1) is 11.3 Å². The summed E-state index contributed by atoms with van der Waals surface area (Å²) in [4.78, 5) is 18.1. The van der Waals surface area contributed by atoms with Crippen molar-refractivity contribution in [2.45, 2.75) is 58.3 Å². The Bertz CT molecular complexity index is 987. The van der Waals surface area contributed by atoms with Gasteiger partial charge in [0, 0.05) is 24.5 Å². The highest BCUT2D eigenvalue weighted by atomic mass is 32.2. The van der Waals surface area contributed by atoms with Crippen LogP contribution in [-0.4, -0.2) is 37.3 Å². The topological polar surface area (TPSA) is 82.3 Å². The van der Waals surface area contributed by atoms with Gasteiger partial charge in [0.2, 0.25) is 0 Å². The average molecular weight is 404 g/mol. The lowest BCUT2D eigenvalue weighted by atomic mass is 10.1. The maximum absolute atomic E-state index is 13.4. The van der Waals surface area contributed by atoms with E-state index in [4.69, 9.17) is 0 Å². The fourth-order valence-corrected chi connectivity index (χ4v) is 5.59. The molecular weight excluding hydrogens is 374 g/mol. The zero-order valence-electron chi connectivity index (χ0n) is 17.1. The van der Waals surface area contributed by atoms with Crippen molar-refractivity contribution in [1.82, 2.24) is 9.88 Å². The molecule has 0 unspecified atom stereocenters. The number of hydrogen-bond donors (Lipinski definition) is 2. The summed E-state index contributed by atoms with van der Waals surface area (Å²) in [6, 6.07) is 5.72. The van der Waals surface area contributed by atoms with E-state index in [1.165, 1.54) is 0 Å². The monoisotopic (exact) mass is 403 g/mol. The molecule has 0 aliphatic carbocycles. The van der Waals surface area contributed by atoms with Crippen LogP contribution in [0.4, 0.5) is 5.69 Å². The third kappa shape index (κ3) is 3.81. The summed E-state index contributed by atoms with van der Waals surface area (Å²) in [5, 5.41) is 0. The highest BCUT2D eigenvalue weighted by Crippen LogP contribution is 2.30. The molecule has 6 nitrogen and oxygen atoms in total. The van der Waals surface area contributed by atoms with Gasteiger partial charge in [-0.3, -0.25) is 9.52 Å². The van der Waals surface area contributed by atoms with Crippen molar-refractivity contribution < 1.29 is 13.2 Å². The summed E-state index contributed by atoms with van der Waals surface area (Å²) < 4.78 is 29.5. The van der Waals surface area contributed by atoms with Crippen molar-refractivity contribution in [3.05, 3.63) is 46.3 Å². The third-order valence-electron chi connectivity index (χ3n) is 5.42. The molecule has 1 aliphatic heterocycles. The minimum absolute atomic E-state index is 0.0610. The van der Waals surface area contributed by atoms with Crippen LogP contribution in [0.15, 0.2) is 23.1 Å². The second-order valence-corrected chi connectivity index (χ2v) is 9.12. The maximum atomic E-state index is 13.4. The van der Waals surface area contributed by atoms with Crippen LogP contribution < -0.4 is 4.72 Å². The van der Waals surface area contributed by atoms with Crippen LogP contribution in [0.5, 0.6) is 0 Å². The number of aromatic amines is 1. The van der Waals surface area contributed by atoms with Gasteiger partial charge in [-0.1, -0.05) is 25.1 Å². The molecular formula is C21H29N3O3S. The molecule has 2 heterocycles. The first kappa shape index (κ1) is 20.5. The quantitative estimate of drug-likeness (QED) is 0.793. The third-order valence-corrected chi connectivity index (χ3v) is 6.94. The van der Waals surface area contributed by atoms with Crippen molar-refractivity contribution >= 4 is 21.6 Å². The van der Waals surface area contributed by atoms with Crippen molar-refractivity contribution in [2.24, 2.45) is 0 Å². The first-order chi connectivity index (χ1) is 13.3. The Morgan fingerprint density at radius 1 is 1.11 bits per heavy atom. The molecule has 0 spiro atoms. The van der Waals surface area contributed by atoms with Crippen LogP contribution >= 0.6 is 0 Å². The Hall–Kier alpha value is -2.28. The van der Waals surface area contributed by atoms with Crippen molar-refractivity contribution in [3.63, 3.8) is 0 Å². The summed E-state index contributed by atoms with van der Waals surface area (Å²) in [7, 11) is -3.92. The first-order valence-corrected chi connectivity index (χ1v) is 11.3. The number of H-pyrrole nitrogens is 1. The molecule has 2 N–H and O–H groups in total. The van der Waals surface area contributed by atoms with E-state index in [0.29, 0.717) is 36.6 Å². The number of rotatable bonds is 5. The molecule has 0 radical (unpaired) electrons. The summed E-state index contributed by atoms with van der Waals surface area (Å²) in [5.74, 6) is -0.206. The maximum Gasteiger partial charge on any atom is 0.264 e. The molecule has 1 fully saturated rings. The number of aryl methyl sites for hydroxylation is 4. The van der Waals surface area contributed by atoms with Crippen molar-refractivity contribution in [3.8, 4) is 0 Å². The van der Waals surface area contributed by atoms with Crippen LogP contribution in [0.1, 0.15) is 59.1 Å². The SMILES string of the molecule is CCc1cccc(C)c1NS(=O)(=O)c1c(C)[nH]c(C)c1C(=O)N1CCCCC1. The number of para-hydroxylation sites is 1. The van der Waals surface area contributed by atoms with E-state index in [2.05, 4.69) is 9.71 Å². The van der Waals surface area contributed by atoms with Crippen LogP contribution in [0, 0.1) is 20.8 Å². The minimum atomic E-state index is -3.92. The van der Waals surface area contributed by atoms with E-state index < -0.39 is 10.0 Å². The predicted molar refractivity (Wildman–Crippen MR) is 111 cm³/mol. The standard InChI is InChI=1S/C21H29N3O3S/c1-5-17-11-9-10-14(2)19(17)23-28(26,27)20-16(4)22-15(3)18(20)21(25)24-12-7-6-8-13-24/h9-11,22-23H,5-8,12-13H2,1-4H3. The number of sulfonamides is 1. The lowest BCUT2D eigenvalue weighted by molar-refractivity contribution is 0.0720. The van der Waals surface area contributed by atoms with E-state index in [9.17, 15) is 13.2 Å². The van der Waals surface area contributed by atoms with Gasteiger partial charge < -0.3 is 9.88 Å². The molecule has 1 aromatic heterocycles. The number of amides is 1. The predicted octanol–water partition coefficient (Wildman–Crippen LogP) is 3.93. The summed E-state index contributed by atoms with van der Waals surface area (Å²) in [6.07, 6.45) is 3.73. The number of nitrogens with one attached hydrogen (secondary N) is 2. The number of nitrogens with zero attached hydrogens (tertiary/aromatic N) is 1. The Balaban J connectivity index is 2.05. The molecule has 152 valence electrons. The Morgan fingerprint density at radius 2 is 1.79 bits per heavy atom. The molecule has 1 aliphatic rings. The smallest absolute Gasteiger partial charge is 0.264 e. The summed E-state index contributed by atoms with van der Waals surface area (Å²) in [6.45, 7) is 8.68. The molecule has 2 aromatic rings. The number of carbonyl (C=O) groups is 1. The fourth-order valence-electron chi connectivity index (χ4n) is 3.96. The van der Waals surface area contributed by atoms with E-state index in [1.807, 2.05) is 32.0 Å². The van der Waals surface area contributed by atoms with E-state index in [1.54, 1.807) is 18.7 Å². The second-order valence-electron chi connectivity index (χ2n) is 7.50. The Kier molecular flexibility index (Phi) is 5.84. The summed E-state index contributed by atoms with van der Waals surface area (Å²) in [5.41, 5.74) is 3.72. The largest absolute Gasteiger partial charge is 0.361 e. The van der Waals surface area contributed by atoms with Gasteiger partial charge >= 0.3 is 0 Å². The number of hydrogen-bond acceptors (Lipinski definition) is 3. The van der Waals surface area contributed by atoms with Crippen LogP contribution in [-0.2, 0) is 16.4 Å². The lowest BCUT2D eigenvalue weighted by Crippen LogP contribution is -2.36. The van der Waals surface area contributed by atoms with Crippen LogP contribution in [0.3, 0.4) is 0 Å². The number of aromatic nitrogens is 1. The first-order valence-electron chi connectivity index (χ1n) is 9.86. The van der Waals surface area contributed by atoms with Gasteiger partial charge in [-0.05, 0) is 57.6 Å². The summed E-state index contributed by atoms with van der Waals surface area (Å²) >= 11 is 0. The average Bonchev–Trinajstić information content (AvgIpc) is 2.98. The van der Waals surface area contributed by atoms with Gasteiger partial charge in [0.25, 0.3) is 15.9 Å². The lowest BCUT2D eigenvalue weighted by Gasteiger charge is -2.27. The van der Waals surface area contributed by atoms with Crippen molar-refractivity contribution in [1.29, 1.82) is 0 Å². The zero-order chi connectivity index (χ0) is 20.5. The molecule has 1 amide bonds. The highest BCUT2D eigenvalue weighted by Gasteiger charge is 2.32. The molecule has 3 rings (SSSR count). The second kappa shape index (κ2) is 7.99. The normalized spacial score (nSPS) is 14.9. The fraction of sp³-hybridized carbons (Fsp3) is 0.476. The van der Waals surface area contributed by atoms with Gasteiger partial charge in [-0.25, -0.2) is 8.42 Å². The molecule has 0 saturated carbocycles. The minimum Gasteiger partial charge on any atom is -0.361 e. The van der Waals surface area contributed by atoms with Gasteiger partial charge in [-0.15, -0.1) is 0 Å². The van der Waals surface area contributed by atoms with Crippen molar-refractivity contribution in [2.75, 3.05) is 17.8 Å². The van der Waals surface area contributed by atoms with Gasteiger partial charge in [0.15, 0.2) is 0 Å². The van der Waals surface area contributed by atoms with Gasteiger partial charge in [-0.2, -0.15) is 0 Å². The van der Waals surface area contributed by atoms with Crippen LogP contribution in [0.25, 0.3) is 0 Å². The molecule has 28 heavy (non-hydrogen) atoms. The number of likely N-dealkylation sites (tertiary alicyclic amines) is 1. The number of benzene rings is 1. The van der Waals surface area contributed by atoms with Crippen LogP contribution in [0.2, 0.25) is 0 Å². The Morgan fingerprint density at radius 3 is 2.43 bits per heavy atom. The number of carbonyl (C=O) groups excluding carboxylic acids is 1. The molecule has 0 bridgehead atoms. The Labute approximate surface area is 167 Å². The molecule has 1 saturated heterocycles. The van der Waals surface area contributed by atoms with E-state index >= 15 is 0 Å². The number of anilines is 1. The molecule has 0 atom stereocenters. The van der Waals surface area contributed by atoms with E-state index in [0.717, 1.165) is 30.4 Å².